The van der Waals surface area contributed by atoms with Crippen molar-refractivity contribution in [1.82, 2.24) is 0 Å². The molecule has 0 bridgehead atoms. The lowest BCUT2D eigenvalue weighted by Crippen LogP contribution is -2.38. The Balaban J connectivity index is 2.20. The Morgan fingerprint density at radius 1 is 1.40 bits per heavy atom. The van der Waals surface area contributed by atoms with Crippen molar-refractivity contribution < 1.29 is 4.74 Å². The average molecular weight is 271 g/mol. The van der Waals surface area contributed by atoms with Crippen molar-refractivity contribution in [1.29, 1.82) is 5.26 Å². The Morgan fingerprint density at radius 3 is 2.70 bits per heavy atom. The number of hydrogen-bond donors (Lipinski definition) is 0. The highest BCUT2D eigenvalue weighted by atomic mass is 16.5. The first-order valence-electron chi connectivity index (χ1n) is 7.65. The minimum absolute atomic E-state index is 0.0126. The summed E-state index contributed by atoms with van der Waals surface area (Å²) in [5.74, 6) is 0.895. The van der Waals surface area contributed by atoms with Crippen LogP contribution in [0.2, 0.25) is 0 Å². The molecule has 2 nitrogen and oxygen atoms in total. The van der Waals surface area contributed by atoms with Gasteiger partial charge in [-0.2, -0.15) is 5.26 Å². The smallest absolute Gasteiger partial charge is 0.0654 e. The molecule has 0 N–H and O–H groups in total. The summed E-state index contributed by atoms with van der Waals surface area (Å²) >= 11 is 0. The van der Waals surface area contributed by atoms with Gasteiger partial charge in [0.05, 0.1) is 11.7 Å². The average Bonchev–Trinajstić information content (AvgIpc) is 2.46. The minimum Gasteiger partial charge on any atom is -0.375 e. The van der Waals surface area contributed by atoms with Crippen LogP contribution in [0.5, 0.6) is 0 Å². The zero-order valence-electron chi connectivity index (χ0n) is 12.9. The number of rotatable bonds is 4. The highest BCUT2D eigenvalue weighted by Gasteiger charge is 2.35. The van der Waals surface area contributed by atoms with Crippen LogP contribution in [0.15, 0.2) is 24.3 Å². The molecule has 108 valence electrons. The topological polar surface area (TPSA) is 33.0 Å². The van der Waals surface area contributed by atoms with E-state index in [0.29, 0.717) is 18.3 Å². The molecule has 1 aliphatic rings. The summed E-state index contributed by atoms with van der Waals surface area (Å²) in [5, 5.41) is 9.19. The van der Waals surface area contributed by atoms with E-state index in [0.717, 1.165) is 25.9 Å². The molecule has 3 atom stereocenters. The SMILES string of the molecule is CC[C@@]1(C)C[C@H]([C@@H](CC#N)c2ccc(C)cc2)CCO1. The first kappa shape index (κ1) is 15.1. The van der Waals surface area contributed by atoms with Crippen molar-refractivity contribution in [2.24, 2.45) is 5.92 Å². The van der Waals surface area contributed by atoms with Gasteiger partial charge in [0.25, 0.3) is 0 Å². The number of nitrogens with zero attached hydrogens (tertiary/aromatic N) is 1. The van der Waals surface area contributed by atoms with Crippen LogP contribution >= 0.6 is 0 Å². The molecule has 0 saturated carbocycles. The van der Waals surface area contributed by atoms with Crippen LogP contribution in [-0.2, 0) is 4.74 Å². The first-order valence-corrected chi connectivity index (χ1v) is 7.65. The van der Waals surface area contributed by atoms with Crippen molar-refractivity contribution in [2.75, 3.05) is 6.61 Å². The van der Waals surface area contributed by atoms with Crippen molar-refractivity contribution in [3.8, 4) is 6.07 Å². The number of ether oxygens (including phenoxy) is 1. The number of nitriles is 1. The fraction of sp³-hybridized carbons (Fsp3) is 0.611. The molecule has 1 fully saturated rings. The molecule has 1 aromatic carbocycles. The molecule has 1 aromatic rings. The van der Waals surface area contributed by atoms with E-state index in [1.54, 1.807) is 0 Å². The molecule has 0 amide bonds. The predicted octanol–water partition coefficient (Wildman–Crippen LogP) is 4.59. The highest BCUT2D eigenvalue weighted by molar-refractivity contribution is 5.26. The lowest BCUT2D eigenvalue weighted by Gasteiger charge is -2.40. The fourth-order valence-corrected chi connectivity index (χ4v) is 3.23. The van der Waals surface area contributed by atoms with Crippen LogP contribution in [0.4, 0.5) is 0 Å². The predicted molar refractivity (Wildman–Crippen MR) is 81.5 cm³/mol. The van der Waals surface area contributed by atoms with Gasteiger partial charge in [0.2, 0.25) is 0 Å². The standard InChI is InChI=1S/C18H25NO/c1-4-18(3)13-16(10-12-20-18)17(9-11-19)15-7-5-14(2)6-8-15/h5-8,16-17H,4,9-10,12-13H2,1-3H3/t16-,17+,18+/m1/s1. The van der Waals surface area contributed by atoms with Crippen LogP contribution in [0.3, 0.4) is 0 Å². The summed E-state index contributed by atoms with van der Waals surface area (Å²) in [6.45, 7) is 7.32. The van der Waals surface area contributed by atoms with Gasteiger partial charge in [0, 0.05) is 13.0 Å². The Bertz CT molecular complexity index is 473. The van der Waals surface area contributed by atoms with Crippen LogP contribution in [0, 0.1) is 24.2 Å². The molecule has 0 spiro atoms. The molecule has 1 heterocycles. The van der Waals surface area contributed by atoms with Crippen LogP contribution in [-0.4, -0.2) is 12.2 Å². The molecule has 2 rings (SSSR count). The quantitative estimate of drug-likeness (QED) is 0.802. The summed E-state index contributed by atoms with van der Waals surface area (Å²) in [6, 6.07) is 11.1. The molecule has 1 saturated heterocycles. The van der Waals surface area contributed by atoms with E-state index in [-0.39, 0.29) is 5.60 Å². The second kappa shape index (κ2) is 6.41. The van der Waals surface area contributed by atoms with Crippen molar-refractivity contribution in [2.45, 2.75) is 58.0 Å². The van der Waals surface area contributed by atoms with Gasteiger partial charge in [-0.25, -0.2) is 0 Å². The van der Waals surface area contributed by atoms with Gasteiger partial charge in [0.15, 0.2) is 0 Å². The maximum absolute atomic E-state index is 9.19. The maximum Gasteiger partial charge on any atom is 0.0654 e. The lowest BCUT2D eigenvalue weighted by atomic mass is 9.74. The molecule has 1 aliphatic heterocycles. The Labute approximate surface area is 122 Å². The van der Waals surface area contributed by atoms with Gasteiger partial charge in [0.1, 0.15) is 0 Å². The van der Waals surface area contributed by atoms with Gasteiger partial charge < -0.3 is 4.74 Å². The summed E-state index contributed by atoms with van der Waals surface area (Å²) in [7, 11) is 0. The monoisotopic (exact) mass is 271 g/mol. The third kappa shape index (κ3) is 3.41. The Kier molecular flexibility index (Phi) is 4.83. The second-order valence-corrected chi connectivity index (χ2v) is 6.28. The second-order valence-electron chi connectivity index (χ2n) is 6.28. The van der Waals surface area contributed by atoms with Gasteiger partial charge in [-0.3, -0.25) is 0 Å². The van der Waals surface area contributed by atoms with Crippen molar-refractivity contribution in [3.63, 3.8) is 0 Å². The van der Waals surface area contributed by atoms with E-state index in [1.165, 1.54) is 11.1 Å². The minimum atomic E-state index is -0.0126. The number of benzene rings is 1. The Hall–Kier alpha value is -1.33. The highest BCUT2D eigenvalue weighted by Crippen LogP contribution is 2.41. The molecular formula is C18H25NO. The molecular weight excluding hydrogens is 246 g/mol. The molecule has 2 heteroatoms. The van der Waals surface area contributed by atoms with Gasteiger partial charge in [-0.1, -0.05) is 36.8 Å². The van der Waals surface area contributed by atoms with Crippen molar-refractivity contribution in [3.05, 3.63) is 35.4 Å². The van der Waals surface area contributed by atoms with E-state index in [4.69, 9.17) is 4.74 Å². The van der Waals surface area contributed by atoms with E-state index >= 15 is 0 Å². The fourth-order valence-electron chi connectivity index (χ4n) is 3.23. The van der Waals surface area contributed by atoms with Crippen LogP contribution in [0.25, 0.3) is 0 Å². The third-order valence-electron chi connectivity index (χ3n) is 4.77. The van der Waals surface area contributed by atoms with Crippen molar-refractivity contribution >= 4 is 0 Å². The number of hydrogen-bond acceptors (Lipinski definition) is 2. The number of aryl methyl sites for hydroxylation is 1. The summed E-state index contributed by atoms with van der Waals surface area (Å²) in [5.41, 5.74) is 2.57. The Morgan fingerprint density at radius 2 is 2.10 bits per heavy atom. The van der Waals surface area contributed by atoms with E-state index in [9.17, 15) is 5.26 Å². The lowest BCUT2D eigenvalue weighted by molar-refractivity contribution is -0.0909. The largest absolute Gasteiger partial charge is 0.375 e. The zero-order valence-corrected chi connectivity index (χ0v) is 12.9. The van der Waals surface area contributed by atoms with Gasteiger partial charge in [-0.05, 0) is 50.5 Å². The zero-order chi connectivity index (χ0) is 14.6. The summed E-state index contributed by atoms with van der Waals surface area (Å²) in [4.78, 5) is 0. The maximum atomic E-state index is 9.19. The van der Waals surface area contributed by atoms with E-state index in [1.807, 2.05) is 0 Å². The van der Waals surface area contributed by atoms with Crippen LogP contribution < -0.4 is 0 Å². The van der Waals surface area contributed by atoms with E-state index < -0.39 is 0 Å². The van der Waals surface area contributed by atoms with Crippen LogP contribution in [0.1, 0.15) is 56.6 Å². The molecule has 0 aromatic heterocycles. The first-order chi connectivity index (χ1) is 9.58. The molecule has 20 heavy (non-hydrogen) atoms. The molecule has 0 aliphatic carbocycles. The van der Waals surface area contributed by atoms with E-state index in [2.05, 4.69) is 51.1 Å². The summed E-state index contributed by atoms with van der Waals surface area (Å²) < 4.78 is 5.95. The molecule has 0 unspecified atom stereocenters. The summed E-state index contributed by atoms with van der Waals surface area (Å²) in [6.07, 6.45) is 3.77. The van der Waals surface area contributed by atoms with Gasteiger partial charge in [-0.15, -0.1) is 0 Å². The van der Waals surface area contributed by atoms with Gasteiger partial charge >= 0.3 is 0 Å². The normalized spacial score (nSPS) is 27.8. The third-order valence-corrected chi connectivity index (χ3v) is 4.77. The molecule has 0 radical (unpaired) electrons.